The zero-order valence-electron chi connectivity index (χ0n) is 12.4. The van der Waals surface area contributed by atoms with Gasteiger partial charge in [-0.25, -0.2) is 0 Å². The third kappa shape index (κ3) is 4.28. The van der Waals surface area contributed by atoms with E-state index in [1.165, 1.54) is 14.2 Å². The zero-order chi connectivity index (χ0) is 15.2. The van der Waals surface area contributed by atoms with Gasteiger partial charge in [0.2, 0.25) is 23.6 Å². The van der Waals surface area contributed by atoms with Gasteiger partial charge in [-0.1, -0.05) is 18.9 Å². The van der Waals surface area contributed by atoms with Crippen molar-refractivity contribution in [1.29, 1.82) is 0 Å². The predicted octanol–water partition coefficient (Wildman–Crippen LogP) is 1.12. The lowest BCUT2D eigenvalue weighted by Crippen LogP contribution is -2.21. The molecule has 9 heteroatoms. The molecule has 0 amide bonds. The molecule has 0 saturated carbocycles. The quantitative estimate of drug-likeness (QED) is 0.776. The average Bonchev–Trinajstić information content (AvgIpc) is 2.92. The van der Waals surface area contributed by atoms with Crippen LogP contribution in [0.15, 0.2) is 10.5 Å². The van der Waals surface area contributed by atoms with Crippen LogP contribution in [0.2, 0.25) is 0 Å². The highest BCUT2D eigenvalue weighted by atomic mass is 16.5. The summed E-state index contributed by atoms with van der Waals surface area (Å²) in [5.74, 6) is 1.45. The SMILES string of the molecule is COc1cc(OC)nc(Nc2nnc(CNC(C)C)o2)n1. The van der Waals surface area contributed by atoms with Crippen LogP contribution in [0.3, 0.4) is 0 Å². The maximum absolute atomic E-state index is 5.43. The second-order valence-electron chi connectivity index (χ2n) is 4.44. The summed E-state index contributed by atoms with van der Waals surface area (Å²) >= 11 is 0. The Bertz CT molecular complexity index is 564. The smallest absolute Gasteiger partial charge is 0.322 e. The Morgan fingerprint density at radius 2 is 1.81 bits per heavy atom. The van der Waals surface area contributed by atoms with E-state index in [1.807, 2.05) is 13.8 Å². The molecule has 0 fully saturated rings. The maximum Gasteiger partial charge on any atom is 0.322 e. The van der Waals surface area contributed by atoms with Crippen LogP contribution in [0.1, 0.15) is 19.7 Å². The largest absolute Gasteiger partial charge is 0.481 e. The van der Waals surface area contributed by atoms with Crippen molar-refractivity contribution < 1.29 is 13.9 Å². The third-order valence-corrected chi connectivity index (χ3v) is 2.44. The van der Waals surface area contributed by atoms with Crippen molar-refractivity contribution in [3.05, 3.63) is 12.0 Å². The normalized spacial score (nSPS) is 10.7. The highest BCUT2D eigenvalue weighted by Crippen LogP contribution is 2.19. The molecule has 2 aromatic heterocycles. The molecule has 2 rings (SSSR count). The molecule has 2 heterocycles. The highest BCUT2D eigenvalue weighted by Gasteiger charge is 2.10. The fourth-order valence-electron chi connectivity index (χ4n) is 1.43. The summed E-state index contributed by atoms with van der Waals surface area (Å²) in [6, 6.07) is 2.10. The van der Waals surface area contributed by atoms with Crippen LogP contribution >= 0.6 is 0 Å². The summed E-state index contributed by atoms with van der Waals surface area (Å²) in [7, 11) is 3.02. The molecule has 0 spiro atoms. The van der Waals surface area contributed by atoms with Crippen molar-refractivity contribution in [1.82, 2.24) is 25.5 Å². The fourth-order valence-corrected chi connectivity index (χ4v) is 1.43. The Morgan fingerprint density at radius 1 is 1.14 bits per heavy atom. The summed E-state index contributed by atoms with van der Waals surface area (Å²) in [5, 5.41) is 13.8. The van der Waals surface area contributed by atoms with Crippen LogP contribution in [0.25, 0.3) is 0 Å². The molecule has 2 aromatic rings. The molecule has 0 aliphatic rings. The molecule has 0 aliphatic carbocycles. The van der Waals surface area contributed by atoms with Crippen molar-refractivity contribution in [3.63, 3.8) is 0 Å². The van der Waals surface area contributed by atoms with Crippen molar-refractivity contribution in [2.75, 3.05) is 19.5 Å². The number of hydrogen-bond donors (Lipinski definition) is 2. The lowest BCUT2D eigenvalue weighted by Gasteiger charge is -2.05. The molecule has 0 saturated heterocycles. The first kappa shape index (κ1) is 15.0. The minimum atomic E-state index is 0.200. The van der Waals surface area contributed by atoms with E-state index in [1.54, 1.807) is 6.07 Å². The van der Waals surface area contributed by atoms with E-state index in [0.29, 0.717) is 30.2 Å². The summed E-state index contributed by atoms with van der Waals surface area (Å²) in [4.78, 5) is 8.22. The lowest BCUT2D eigenvalue weighted by molar-refractivity contribution is 0.373. The van der Waals surface area contributed by atoms with Gasteiger partial charge < -0.3 is 19.2 Å². The van der Waals surface area contributed by atoms with Crippen molar-refractivity contribution in [2.45, 2.75) is 26.4 Å². The Hall–Kier alpha value is -2.42. The summed E-state index contributed by atoms with van der Waals surface area (Å²) in [6.07, 6.45) is 0. The van der Waals surface area contributed by atoms with E-state index < -0.39 is 0 Å². The first-order valence-electron chi connectivity index (χ1n) is 6.40. The maximum atomic E-state index is 5.43. The minimum absolute atomic E-state index is 0.200. The molecule has 21 heavy (non-hydrogen) atoms. The first-order valence-corrected chi connectivity index (χ1v) is 6.40. The van der Waals surface area contributed by atoms with Gasteiger partial charge in [0.05, 0.1) is 26.8 Å². The molecule has 0 bridgehead atoms. The van der Waals surface area contributed by atoms with Gasteiger partial charge in [-0.15, -0.1) is 5.10 Å². The van der Waals surface area contributed by atoms with Gasteiger partial charge >= 0.3 is 6.01 Å². The molecular formula is C12H18N6O3. The Morgan fingerprint density at radius 3 is 2.38 bits per heavy atom. The third-order valence-electron chi connectivity index (χ3n) is 2.44. The Balaban J connectivity index is 2.07. The van der Waals surface area contributed by atoms with Crippen LogP contribution in [-0.4, -0.2) is 40.4 Å². The van der Waals surface area contributed by atoms with Crippen molar-refractivity contribution in [2.24, 2.45) is 0 Å². The number of ether oxygens (including phenoxy) is 2. The lowest BCUT2D eigenvalue weighted by atomic mass is 10.4. The molecule has 0 unspecified atom stereocenters. The van der Waals surface area contributed by atoms with E-state index in [4.69, 9.17) is 13.9 Å². The number of nitrogens with zero attached hydrogens (tertiary/aromatic N) is 4. The summed E-state index contributed by atoms with van der Waals surface area (Å²) in [5.41, 5.74) is 0. The van der Waals surface area contributed by atoms with Crippen molar-refractivity contribution in [3.8, 4) is 11.8 Å². The van der Waals surface area contributed by atoms with Crippen LogP contribution in [-0.2, 0) is 6.54 Å². The van der Waals surface area contributed by atoms with Crippen LogP contribution in [0, 0.1) is 0 Å². The molecule has 0 aliphatic heterocycles. The number of methoxy groups -OCH3 is 2. The van der Waals surface area contributed by atoms with Gasteiger partial charge in [0, 0.05) is 6.04 Å². The monoisotopic (exact) mass is 294 g/mol. The van der Waals surface area contributed by atoms with Gasteiger partial charge in [0.15, 0.2) is 0 Å². The Labute approximate surface area is 122 Å². The minimum Gasteiger partial charge on any atom is -0.481 e. The molecule has 114 valence electrons. The van der Waals surface area contributed by atoms with E-state index in [2.05, 4.69) is 30.8 Å². The first-order chi connectivity index (χ1) is 10.1. The van der Waals surface area contributed by atoms with Crippen LogP contribution in [0.5, 0.6) is 11.8 Å². The molecule has 0 radical (unpaired) electrons. The predicted molar refractivity (Wildman–Crippen MR) is 74.7 cm³/mol. The molecule has 9 nitrogen and oxygen atoms in total. The highest BCUT2D eigenvalue weighted by molar-refractivity contribution is 5.42. The zero-order valence-corrected chi connectivity index (χ0v) is 12.4. The van der Waals surface area contributed by atoms with E-state index in [9.17, 15) is 0 Å². The summed E-state index contributed by atoms with van der Waals surface area (Å²) < 4.78 is 15.5. The number of nitrogens with one attached hydrogen (secondary N) is 2. The van der Waals surface area contributed by atoms with Gasteiger partial charge in [0.1, 0.15) is 0 Å². The van der Waals surface area contributed by atoms with Crippen molar-refractivity contribution >= 4 is 12.0 Å². The van der Waals surface area contributed by atoms with Gasteiger partial charge in [-0.3, -0.25) is 5.32 Å². The number of hydrogen-bond acceptors (Lipinski definition) is 9. The topological polar surface area (TPSA) is 107 Å². The molecule has 0 aromatic carbocycles. The number of anilines is 2. The number of aromatic nitrogens is 4. The number of rotatable bonds is 7. The second-order valence-corrected chi connectivity index (χ2v) is 4.44. The van der Waals surface area contributed by atoms with Gasteiger partial charge in [0.25, 0.3) is 0 Å². The standard InChI is InChI=1S/C12H18N6O3/c1-7(2)13-6-10-17-18-12(21-10)16-11-14-8(19-3)5-9(15-11)20-4/h5,7,13H,6H2,1-4H3,(H,14,15,16,18). The molecule has 2 N–H and O–H groups in total. The van der Waals surface area contributed by atoms with E-state index in [-0.39, 0.29) is 12.0 Å². The Kier molecular flexibility index (Phi) is 4.88. The summed E-state index contributed by atoms with van der Waals surface area (Å²) in [6.45, 7) is 4.56. The average molecular weight is 294 g/mol. The molecule has 0 atom stereocenters. The molecular weight excluding hydrogens is 276 g/mol. The second kappa shape index (κ2) is 6.84. The fraction of sp³-hybridized carbons (Fsp3) is 0.500. The van der Waals surface area contributed by atoms with E-state index in [0.717, 1.165) is 0 Å². The van der Waals surface area contributed by atoms with Gasteiger partial charge in [-0.05, 0) is 0 Å². The van der Waals surface area contributed by atoms with E-state index >= 15 is 0 Å². The van der Waals surface area contributed by atoms with Crippen LogP contribution < -0.4 is 20.1 Å². The van der Waals surface area contributed by atoms with Crippen LogP contribution in [0.4, 0.5) is 12.0 Å². The van der Waals surface area contributed by atoms with Gasteiger partial charge in [-0.2, -0.15) is 9.97 Å².